The summed E-state index contributed by atoms with van der Waals surface area (Å²) < 4.78 is 15.5. The van der Waals surface area contributed by atoms with Crippen molar-refractivity contribution >= 4 is 29.0 Å². The molecule has 0 atom stereocenters. The zero-order valence-electron chi connectivity index (χ0n) is 16.4. The molecular formula is C19H14N4O9. The van der Waals surface area contributed by atoms with Gasteiger partial charge in [-0.25, -0.2) is 0 Å². The van der Waals surface area contributed by atoms with E-state index in [0.29, 0.717) is 0 Å². The summed E-state index contributed by atoms with van der Waals surface area (Å²) in [4.78, 5) is 33.6. The van der Waals surface area contributed by atoms with Gasteiger partial charge in [-0.2, -0.15) is 5.26 Å². The first-order valence-electron chi connectivity index (χ1n) is 8.81. The number of nitrogens with zero attached hydrogens (tertiary/aromatic N) is 3. The monoisotopic (exact) mass is 442 g/mol. The summed E-state index contributed by atoms with van der Waals surface area (Å²) in [5, 5.41) is 44.0. The van der Waals surface area contributed by atoms with Gasteiger partial charge in [-0.15, -0.1) is 0 Å². The molecule has 0 fully saturated rings. The van der Waals surface area contributed by atoms with E-state index in [1.54, 1.807) is 6.07 Å². The number of carbonyl (C=O) groups excluding carboxylic acids is 1. The van der Waals surface area contributed by atoms with E-state index in [1.165, 1.54) is 19.2 Å². The first kappa shape index (κ1) is 21.8. The van der Waals surface area contributed by atoms with Crippen molar-refractivity contribution in [3.8, 4) is 29.1 Å². The van der Waals surface area contributed by atoms with Gasteiger partial charge in [0.2, 0.25) is 5.75 Å². The number of ether oxygens (including phenoxy) is 3. The van der Waals surface area contributed by atoms with Gasteiger partial charge in [0.25, 0.3) is 11.6 Å². The number of phenolic OH excluding ortho intramolecular Hbond substituents is 1. The number of hydrogen-bond donors (Lipinski definition) is 2. The molecule has 0 spiro atoms. The number of nitro groups is 2. The quantitative estimate of drug-likeness (QED) is 0.291. The number of amides is 1. The van der Waals surface area contributed by atoms with Crippen LogP contribution < -0.4 is 19.5 Å². The Balaban J connectivity index is 1.98. The maximum atomic E-state index is 12.6. The van der Waals surface area contributed by atoms with Crippen molar-refractivity contribution in [3.05, 3.63) is 55.6 Å². The molecule has 2 aromatic rings. The fraction of sp³-hybridized carbons (Fsp3) is 0.158. The van der Waals surface area contributed by atoms with Crippen LogP contribution in [0.25, 0.3) is 6.08 Å². The molecule has 32 heavy (non-hydrogen) atoms. The molecule has 1 aliphatic heterocycles. The fourth-order valence-corrected chi connectivity index (χ4v) is 2.83. The van der Waals surface area contributed by atoms with Crippen LogP contribution in [0.4, 0.5) is 17.1 Å². The van der Waals surface area contributed by atoms with Crippen LogP contribution in [0.15, 0.2) is 29.8 Å². The van der Waals surface area contributed by atoms with E-state index in [9.17, 15) is 35.4 Å². The zero-order chi connectivity index (χ0) is 23.4. The normalized spacial score (nSPS) is 12.4. The second kappa shape index (κ2) is 8.88. The predicted octanol–water partition coefficient (Wildman–Crippen LogP) is 2.53. The summed E-state index contributed by atoms with van der Waals surface area (Å²) in [6.45, 7) is 0.419. The summed E-state index contributed by atoms with van der Waals surface area (Å²) in [5.74, 6) is -1.66. The minimum absolute atomic E-state index is 0.00900. The first-order chi connectivity index (χ1) is 15.2. The highest BCUT2D eigenvalue weighted by Crippen LogP contribution is 2.40. The van der Waals surface area contributed by atoms with E-state index < -0.39 is 38.5 Å². The molecule has 0 aromatic heterocycles. The zero-order valence-corrected chi connectivity index (χ0v) is 16.4. The molecule has 164 valence electrons. The molecule has 1 heterocycles. The molecule has 0 bridgehead atoms. The van der Waals surface area contributed by atoms with E-state index in [-0.39, 0.29) is 41.7 Å². The number of hydrogen-bond acceptors (Lipinski definition) is 10. The topological polar surface area (TPSA) is 187 Å². The van der Waals surface area contributed by atoms with Gasteiger partial charge in [-0.05, 0) is 17.7 Å². The van der Waals surface area contributed by atoms with E-state index >= 15 is 0 Å². The number of aromatic hydroxyl groups is 1. The van der Waals surface area contributed by atoms with Crippen LogP contribution in [0.2, 0.25) is 0 Å². The summed E-state index contributed by atoms with van der Waals surface area (Å²) in [5.41, 5.74) is -1.93. The molecule has 2 aromatic carbocycles. The SMILES string of the molecule is COc1cc(/C=C(\C#N)C(=O)Nc2cc3c(cc2[N+](=O)[O-])OCCO3)cc([N+](=O)[O-])c1O. The molecule has 0 saturated heterocycles. The van der Waals surface area contributed by atoms with Gasteiger partial charge in [0.1, 0.15) is 30.5 Å². The van der Waals surface area contributed by atoms with Gasteiger partial charge in [-0.3, -0.25) is 25.0 Å². The molecule has 2 N–H and O–H groups in total. The average molecular weight is 442 g/mol. The molecule has 0 unspecified atom stereocenters. The molecule has 0 saturated carbocycles. The lowest BCUT2D eigenvalue weighted by atomic mass is 10.1. The third-order valence-corrected chi connectivity index (χ3v) is 4.28. The van der Waals surface area contributed by atoms with Crippen molar-refractivity contribution < 1.29 is 34.0 Å². The second-order valence-electron chi connectivity index (χ2n) is 6.24. The van der Waals surface area contributed by atoms with E-state index in [4.69, 9.17) is 14.2 Å². The number of nitro benzene ring substituents is 2. The Kier molecular flexibility index (Phi) is 6.06. The Labute approximate surface area is 179 Å². The average Bonchev–Trinajstić information content (AvgIpc) is 2.77. The smallest absolute Gasteiger partial charge is 0.315 e. The number of carbonyl (C=O) groups is 1. The Bertz CT molecular complexity index is 1200. The number of anilines is 1. The summed E-state index contributed by atoms with van der Waals surface area (Å²) in [6.07, 6.45) is 1.01. The second-order valence-corrected chi connectivity index (χ2v) is 6.24. The van der Waals surface area contributed by atoms with E-state index in [0.717, 1.165) is 18.2 Å². The van der Waals surface area contributed by atoms with Crippen LogP contribution in [0.1, 0.15) is 5.56 Å². The maximum absolute atomic E-state index is 12.6. The van der Waals surface area contributed by atoms with Crippen molar-refractivity contribution in [3.63, 3.8) is 0 Å². The predicted molar refractivity (Wildman–Crippen MR) is 108 cm³/mol. The van der Waals surface area contributed by atoms with Crippen molar-refractivity contribution in [1.82, 2.24) is 0 Å². The molecule has 0 radical (unpaired) electrons. The van der Waals surface area contributed by atoms with Gasteiger partial charge in [-0.1, -0.05) is 0 Å². The van der Waals surface area contributed by atoms with Crippen LogP contribution in [-0.4, -0.2) is 41.2 Å². The lowest BCUT2D eigenvalue weighted by Gasteiger charge is -2.19. The van der Waals surface area contributed by atoms with Gasteiger partial charge in [0.15, 0.2) is 17.2 Å². The van der Waals surface area contributed by atoms with Crippen LogP contribution in [0.5, 0.6) is 23.0 Å². The maximum Gasteiger partial charge on any atom is 0.315 e. The fourth-order valence-electron chi connectivity index (χ4n) is 2.83. The van der Waals surface area contributed by atoms with Crippen molar-refractivity contribution in [2.75, 3.05) is 25.6 Å². The largest absolute Gasteiger partial charge is 0.500 e. The van der Waals surface area contributed by atoms with Crippen LogP contribution >= 0.6 is 0 Å². The highest BCUT2D eigenvalue weighted by Gasteiger charge is 2.25. The summed E-state index contributed by atoms with van der Waals surface area (Å²) in [6, 6.07) is 6.05. The Hall–Kier alpha value is -4.86. The Morgan fingerprint density at radius 1 is 1.16 bits per heavy atom. The number of nitrogens with one attached hydrogen (secondary N) is 1. The van der Waals surface area contributed by atoms with Crippen LogP contribution in [0, 0.1) is 31.6 Å². The van der Waals surface area contributed by atoms with Crippen molar-refractivity contribution in [1.29, 1.82) is 5.26 Å². The number of benzene rings is 2. The number of rotatable bonds is 6. The molecular weight excluding hydrogens is 428 g/mol. The van der Waals surface area contributed by atoms with E-state index in [2.05, 4.69) is 5.32 Å². The summed E-state index contributed by atoms with van der Waals surface area (Å²) >= 11 is 0. The molecule has 1 aliphatic rings. The van der Waals surface area contributed by atoms with Crippen molar-refractivity contribution in [2.24, 2.45) is 0 Å². The van der Waals surface area contributed by atoms with Crippen molar-refractivity contribution in [2.45, 2.75) is 0 Å². The molecule has 13 heteroatoms. The number of methoxy groups -OCH3 is 1. The summed E-state index contributed by atoms with van der Waals surface area (Å²) in [7, 11) is 1.17. The third kappa shape index (κ3) is 4.33. The van der Waals surface area contributed by atoms with Crippen LogP contribution in [0.3, 0.4) is 0 Å². The first-order valence-corrected chi connectivity index (χ1v) is 8.81. The van der Waals surface area contributed by atoms with Gasteiger partial charge >= 0.3 is 5.69 Å². The van der Waals surface area contributed by atoms with Gasteiger partial charge in [0, 0.05) is 12.1 Å². The number of phenols is 1. The highest BCUT2D eigenvalue weighted by molar-refractivity contribution is 6.10. The molecule has 1 amide bonds. The Morgan fingerprint density at radius 3 is 2.34 bits per heavy atom. The number of fused-ring (bicyclic) bond motifs is 1. The minimum Gasteiger partial charge on any atom is -0.500 e. The lowest BCUT2D eigenvalue weighted by Crippen LogP contribution is -2.18. The molecule has 3 rings (SSSR count). The molecule has 13 nitrogen and oxygen atoms in total. The minimum atomic E-state index is -1.01. The third-order valence-electron chi connectivity index (χ3n) is 4.28. The lowest BCUT2D eigenvalue weighted by molar-refractivity contribution is -0.386. The van der Waals surface area contributed by atoms with Gasteiger partial charge < -0.3 is 24.6 Å². The molecule has 0 aliphatic carbocycles. The van der Waals surface area contributed by atoms with E-state index in [1.807, 2.05) is 0 Å². The van der Waals surface area contributed by atoms with Crippen LogP contribution in [-0.2, 0) is 4.79 Å². The standard InChI is InChI=1S/C19H14N4O9/c1-30-17-6-10(5-14(18(17)24)23(28)29)4-11(9-20)19(25)21-12-7-15-16(32-3-2-31-15)8-13(12)22(26)27/h4-8,24H,2-3H2,1H3,(H,21,25)/b11-4+. The number of nitriles is 1. The van der Waals surface area contributed by atoms with Gasteiger partial charge in [0.05, 0.1) is 23.0 Å². The Morgan fingerprint density at radius 2 is 1.78 bits per heavy atom. The highest BCUT2D eigenvalue weighted by atomic mass is 16.6.